The van der Waals surface area contributed by atoms with Gasteiger partial charge in [0.25, 0.3) is 0 Å². The van der Waals surface area contributed by atoms with Gasteiger partial charge in [-0.2, -0.15) is 0 Å². The second-order valence-corrected chi connectivity index (χ2v) is 6.41. The molecule has 138 valence electrons. The number of carbonyl (C=O) groups is 4. The number of nitrogens with one attached hydrogen (secondary N) is 1. The molecule has 1 unspecified atom stereocenters. The summed E-state index contributed by atoms with van der Waals surface area (Å²) in [6.45, 7) is 6.23. The third-order valence-corrected chi connectivity index (χ3v) is 3.05. The summed E-state index contributed by atoms with van der Waals surface area (Å²) in [7, 11) is 0. The van der Waals surface area contributed by atoms with Crippen molar-refractivity contribution in [2.45, 2.75) is 58.2 Å². The van der Waals surface area contributed by atoms with Crippen molar-refractivity contribution in [1.29, 1.82) is 0 Å². The Balaban J connectivity index is 4.79. The van der Waals surface area contributed by atoms with E-state index < -0.39 is 53.7 Å². The molecule has 2 atom stereocenters. The molecule has 0 aliphatic rings. The van der Waals surface area contributed by atoms with Crippen molar-refractivity contribution in [2.75, 3.05) is 6.54 Å². The normalized spacial score (nSPS) is 14.0. The van der Waals surface area contributed by atoms with Crippen molar-refractivity contribution in [3.8, 4) is 0 Å². The molecule has 0 saturated carbocycles. The highest BCUT2D eigenvalue weighted by Crippen LogP contribution is 2.15. The molecule has 9 nitrogen and oxygen atoms in total. The van der Waals surface area contributed by atoms with E-state index in [4.69, 9.17) is 21.3 Å². The number of Topliss-reactive ketones (excluding diaryl/α,β-unsaturated/α-hetero) is 1. The summed E-state index contributed by atoms with van der Waals surface area (Å²) >= 11 is 0. The van der Waals surface area contributed by atoms with Crippen LogP contribution in [0.5, 0.6) is 0 Å². The van der Waals surface area contributed by atoms with Crippen LogP contribution in [0.3, 0.4) is 0 Å². The average molecular weight is 345 g/mol. The molecule has 0 aromatic heterocycles. The maximum absolute atomic E-state index is 12.3. The van der Waals surface area contributed by atoms with Gasteiger partial charge in [0.2, 0.25) is 5.91 Å². The Labute approximate surface area is 141 Å². The number of carboxylic acids is 1. The summed E-state index contributed by atoms with van der Waals surface area (Å²) < 4.78 is 5.06. The smallest absolute Gasteiger partial charge is 0.316 e. The Morgan fingerprint density at radius 3 is 2.17 bits per heavy atom. The van der Waals surface area contributed by atoms with Crippen LogP contribution in [-0.4, -0.2) is 53.0 Å². The number of carbonyl (C=O) groups excluding carboxylic acids is 3. The predicted molar refractivity (Wildman–Crippen MR) is 85.8 cm³/mol. The minimum Gasteiger partial charge on any atom is -0.481 e. The second kappa shape index (κ2) is 9.33. The van der Waals surface area contributed by atoms with Crippen molar-refractivity contribution < 1.29 is 29.0 Å². The number of carboxylic acid groups (broad SMARTS) is 1. The van der Waals surface area contributed by atoms with Crippen LogP contribution in [0.4, 0.5) is 0 Å². The van der Waals surface area contributed by atoms with Crippen molar-refractivity contribution in [1.82, 2.24) is 5.32 Å². The Morgan fingerprint density at radius 2 is 1.75 bits per heavy atom. The number of ether oxygens (including phenoxy) is 1. The molecule has 0 aromatic carbocycles. The van der Waals surface area contributed by atoms with E-state index in [9.17, 15) is 19.2 Å². The fraction of sp³-hybridized carbons (Fsp3) is 0.733. The molecular weight excluding hydrogens is 318 g/mol. The molecule has 0 aliphatic heterocycles. The molecule has 0 spiro atoms. The highest BCUT2D eigenvalue weighted by Gasteiger charge is 2.36. The predicted octanol–water partition coefficient (Wildman–Crippen LogP) is -0.831. The lowest BCUT2D eigenvalue weighted by atomic mass is 9.87. The molecular formula is C15H27N3O6. The lowest BCUT2D eigenvalue weighted by Crippen LogP contribution is -2.49. The highest BCUT2D eigenvalue weighted by molar-refractivity contribution is 6.03. The van der Waals surface area contributed by atoms with E-state index in [1.54, 1.807) is 13.8 Å². The summed E-state index contributed by atoms with van der Waals surface area (Å²) in [6, 6.07) is -1.20. The van der Waals surface area contributed by atoms with E-state index in [2.05, 4.69) is 5.32 Å². The van der Waals surface area contributed by atoms with Crippen molar-refractivity contribution in [3.63, 3.8) is 0 Å². The number of aliphatic carboxylic acids is 1. The third-order valence-electron chi connectivity index (χ3n) is 3.05. The van der Waals surface area contributed by atoms with Crippen molar-refractivity contribution in [2.24, 2.45) is 17.4 Å². The number of ketones is 1. The second-order valence-electron chi connectivity index (χ2n) is 6.41. The number of hydrogen-bond donors (Lipinski definition) is 4. The zero-order chi connectivity index (χ0) is 19.1. The van der Waals surface area contributed by atoms with Gasteiger partial charge in [-0.15, -0.1) is 0 Å². The molecule has 0 heterocycles. The number of esters is 1. The van der Waals surface area contributed by atoms with Gasteiger partial charge in [0.1, 0.15) is 5.92 Å². The van der Waals surface area contributed by atoms with Gasteiger partial charge < -0.3 is 26.6 Å². The van der Waals surface area contributed by atoms with E-state index in [1.807, 2.05) is 0 Å². The van der Waals surface area contributed by atoms with Gasteiger partial charge in [-0.1, -0.05) is 0 Å². The third kappa shape index (κ3) is 8.02. The van der Waals surface area contributed by atoms with Gasteiger partial charge in [-0.3, -0.25) is 19.2 Å². The minimum absolute atomic E-state index is 0.0173. The monoisotopic (exact) mass is 345 g/mol. The standard InChI is InChI=1S/C15H27N3O6/c1-8(2)24-14(23)9(12(21)15(3,4)17)5-6-18-13(22)10(16)7-11(19)20/h8-10H,5-7,16-17H2,1-4H3,(H,18,22)(H,19,20)/t9?,10-/m0/s1. The Bertz CT molecular complexity index is 484. The SMILES string of the molecule is CC(C)OC(=O)C(CCNC(=O)[C@@H](N)CC(=O)O)C(=O)C(C)(C)N. The van der Waals surface area contributed by atoms with Gasteiger partial charge in [0.05, 0.1) is 24.1 Å². The first-order chi connectivity index (χ1) is 10.9. The molecule has 9 heteroatoms. The molecule has 0 bridgehead atoms. The quantitative estimate of drug-likeness (QED) is 0.294. The Hall–Kier alpha value is -2.00. The van der Waals surface area contributed by atoms with Gasteiger partial charge in [-0.05, 0) is 34.1 Å². The maximum Gasteiger partial charge on any atom is 0.316 e. The van der Waals surface area contributed by atoms with Crippen LogP contribution < -0.4 is 16.8 Å². The first-order valence-corrected chi connectivity index (χ1v) is 7.65. The Morgan fingerprint density at radius 1 is 1.21 bits per heavy atom. The number of rotatable bonds is 10. The molecule has 6 N–H and O–H groups in total. The van der Waals surface area contributed by atoms with Crippen LogP contribution in [0.15, 0.2) is 0 Å². The first kappa shape index (κ1) is 22.0. The maximum atomic E-state index is 12.3. The van der Waals surface area contributed by atoms with Crippen LogP contribution in [0.1, 0.15) is 40.5 Å². The molecule has 24 heavy (non-hydrogen) atoms. The molecule has 0 radical (unpaired) electrons. The lowest BCUT2D eigenvalue weighted by Gasteiger charge is -2.24. The summed E-state index contributed by atoms with van der Waals surface area (Å²) in [4.78, 5) is 46.5. The first-order valence-electron chi connectivity index (χ1n) is 7.65. The number of nitrogens with two attached hydrogens (primary N) is 2. The summed E-state index contributed by atoms with van der Waals surface area (Å²) in [5, 5.41) is 11.0. The van der Waals surface area contributed by atoms with Crippen LogP contribution in [0.2, 0.25) is 0 Å². The zero-order valence-electron chi connectivity index (χ0n) is 14.5. The zero-order valence-corrected chi connectivity index (χ0v) is 14.5. The highest BCUT2D eigenvalue weighted by atomic mass is 16.5. The van der Waals surface area contributed by atoms with Gasteiger partial charge in [-0.25, -0.2) is 0 Å². The van der Waals surface area contributed by atoms with Gasteiger partial charge in [0, 0.05) is 6.54 Å². The summed E-state index contributed by atoms with van der Waals surface area (Å²) in [5.41, 5.74) is 9.94. The van der Waals surface area contributed by atoms with Crippen LogP contribution >= 0.6 is 0 Å². The number of amides is 1. The lowest BCUT2D eigenvalue weighted by molar-refractivity contribution is -0.156. The molecule has 0 saturated heterocycles. The van der Waals surface area contributed by atoms with Crippen LogP contribution in [-0.2, 0) is 23.9 Å². The van der Waals surface area contributed by atoms with Crippen LogP contribution in [0.25, 0.3) is 0 Å². The largest absolute Gasteiger partial charge is 0.481 e. The Kier molecular flexibility index (Phi) is 8.56. The van der Waals surface area contributed by atoms with E-state index in [0.29, 0.717) is 0 Å². The van der Waals surface area contributed by atoms with E-state index >= 15 is 0 Å². The molecule has 0 rings (SSSR count). The fourth-order valence-electron chi connectivity index (χ4n) is 1.87. The van der Waals surface area contributed by atoms with E-state index in [0.717, 1.165) is 0 Å². The topological polar surface area (TPSA) is 162 Å². The van der Waals surface area contributed by atoms with Gasteiger partial charge in [0.15, 0.2) is 5.78 Å². The fourth-order valence-corrected chi connectivity index (χ4v) is 1.87. The minimum atomic E-state index is -1.23. The van der Waals surface area contributed by atoms with E-state index in [1.165, 1.54) is 13.8 Å². The molecule has 0 fully saturated rings. The molecule has 1 amide bonds. The van der Waals surface area contributed by atoms with Gasteiger partial charge >= 0.3 is 11.9 Å². The average Bonchev–Trinajstić information content (AvgIpc) is 2.39. The van der Waals surface area contributed by atoms with Crippen molar-refractivity contribution in [3.05, 3.63) is 0 Å². The van der Waals surface area contributed by atoms with Crippen molar-refractivity contribution >= 4 is 23.6 Å². The van der Waals surface area contributed by atoms with Crippen LogP contribution in [0, 0.1) is 5.92 Å². The summed E-state index contributed by atoms with van der Waals surface area (Å²) in [6.07, 6.45) is -0.928. The molecule has 0 aromatic rings. The summed E-state index contributed by atoms with van der Waals surface area (Å²) in [5.74, 6) is -4.21. The van der Waals surface area contributed by atoms with E-state index in [-0.39, 0.29) is 13.0 Å². The molecule has 0 aliphatic carbocycles. The number of hydrogen-bond acceptors (Lipinski definition) is 7.